The van der Waals surface area contributed by atoms with Crippen LogP contribution in [0, 0.1) is 13.8 Å². The van der Waals surface area contributed by atoms with E-state index in [0.717, 1.165) is 36.5 Å². The zero-order valence-corrected chi connectivity index (χ0v) is 16.7. The molecule has 6 nitrogen and oxygen atoms in total. The summed E-state index contributed by atoms with van der Waals surface area (Å²) in [6.07, 6.45) is 4.03. The van der Waals surface area contributed by atoms with E-state index < -0.39 is 0 Å². The lowest BCUT2D eigenvalue weighted by molar-refractivity contribution is 0.0709. The van der Waals surface area contributed by atoms with Gasteiger partial charge in [0.2, 0.25) is 0 Å². The van der Waals surface area contributed by atoms with Crippen LogP contribution in [0.5, 0.6) is 0 Å². The molecule has 28 heavy (non-hydrogen) atoms. The lowest BCUT2D eigenvalue weighted by Crippen LogP contribution is -2.45. The highest BCUT2D eigenvalue weighted by Crippen LogP contribution is 2.22. The number of carbonyl (C=O) groups excluding carboxylic acids is 1. The molecule has 1 aromatic carbocycles. The van der Waals surface area contributed by atoms with Crippen LogP contribution in [-0.4, -0.2) is 44.7 Å². The van der Waals surface area contributed by atoms with Crippen LogP contribution >= 0.6 is 0 Å². The van der Waals surface area contributed by atoms with Crippen molar-refractivity contribution in [2.45, 2.75) is 32.7 Å². The molecule has 4 rings (SSSR count). The molecular weight excluding hydrogens is 350 g/mol. The van der Waals surface area contributed by atoms with Crippen LogP contribution in [-0.2, 0) is 7.05 Å². The minimum Gasteiger partial charge on any atom is -0.381 e. The number of aryl methyl sites for hydroxylation is 3. The summed E-state index contributed by atoms with van der Waals surface area (Å²) in [5.74, 6) is 0.0135. The van der Waals surface area contributed by atoms with E-state index in [1.165, 1.54) is 11.1 Å². The van der Waals surface area contributed by atoms with Gasteiger partial charge in [-0.2, -0.15) is 5.10 Å². The van der Waals surface area contributed by atoms with Gasteiger partial charge in [-0.05, 0) is 68.1 Å². The quantitative estimate of drug-likeness (QED) is 0.728. The summed E-state index contributed by atoms with van der Waals surface area (Å²) in [7, 11) is 1.97. The van der Waals surface area contributed by atoms with Crippen LogP contribution in [0.4, 0.5) is 5.69 Å². The van der Waals surface area contributed by atoms with Gasteiger partial charge in [0.15, 0.2) is 0 Å². The van der Waals surface area contributed by atoms with Gasteiger partial charge in [0.1, 0.15) is 11.4 Å². The zero-order chi connectivity index (χ0) is 19.7. The fraction of sp³-hybridized carbons (Fsp3) is 0.364. The van der Waals surface area contributed by atoms with E-state index >= 15 is 0 Å². The Morgan fingerprint density at radius 1 is 1.21 bits per heavy atom. The molecule has 1 amide bonds. The van der Waals surface area contributed by atoms with Gasteiger partial charge in [-0.15, -0.1) is 0 Å². The van der Waals surface area contributed by atoms with Crippen LogP contribution < -0.4 is 5.32 Å². The molecule has 2 N–H and O–H groups in total. The van der Waals surface area contributed by atoms with Crippen molar-refractivity contribution in [1.82, 2.24) is 19.7 Å². The Bertz CT molecular complexity index is 986. The van der Waals surface area contributed by atoms with Crippen molar-refractivity contribution < 1.29 is 4.79 Å². The normalized spacial score (nSPS) is 17.0. The van der Waals surface area contributed by atoms with Crippen molar-refractivity contribution in [3.8, 4) is 11.4 Å². The summed E-state index contributed by atoms with van der Waals surface area (Å²) in [5, 5.41) is 10.8. The molecule has 6 heteroatoms. The number of likely N-dealkylation sites (tertiary alicyclic amines) is 1. The standard InChI is InChI=1S/C22H27N5O/c1-15-8-9-17(12-16(15)2)23-18-6-4-11-27(14-18)22(28)20-13-19(24-25-20)21-7-5-10-26(21)3/h5,7-10,12-13,18,23H,4,6,11,14H2,1-3H3,(H,24,25)/t18-/m1/s1. The monoisotopic (exact) mass is 377 g/mol. The van der Waals surface area contributed by atoms with Crippen molar-refractivity contribution in [2.24, 2.45) is 7.05 Å². The Hall–Kier alpha value is -3.02. The first-order valence-electron chi connectivity index (χ1n) is 9.81. The maximum Gasteiger partial charge on any atom is 0.271 e. The molecule has 0 saturated carbocycles. The van der Waals surface area contributed by atoms with Crippen molar-refractivity contribution in [3.63, 3.8) is 0 Å². The highest BCUT2D eigenvalue weighted by Gasteiger charge is 2.26. The van der Waals surface area contributed by atoms with Gasteiger partial charge in [-0.25, -0.2) is 0 Å². The third-order valence-corrected chi connectivity index (χ3v) is 5.60. The predicted molar refractivity (Wildman–Crippen MR) is 111 cm³/mol. The first-order chi connectivity index (χ1) is 13.5. The number of aromatic nitrogens is 3. The van der Waals surface area contributed by atoms with E-state index in [0.29, 0.717) is 12.2 Å². The summed E-state index contributed by atoms with van der Waals surface area (Å²) in [6.45, 7) is 5.72. The van der Waals surface area contributed by atoms with Crippen molar-refractivity contribution in [2.75, 3.05) is 18.4 Å². The average Bonchev–Trinajstić information content (AvgIpc) is 3.33. The zero-order valence-electron chi connectivity index (χ0n) is 16.7. The van der Waals surface area contributed by atoms with Gasteiger partial charge >= 0.3 is 0 Å². The van der Waals surface area contributed by atoms with Gasteiger partial charge in [-0.1, -0.05) is 6.07 Å². The predicted octanol–water partition coefficient (Wildman–Crippen LogP) is 3.75. The number of hydrogen-bond donors (Lipinski definition) is 2. The molecule has 0 spiro atoms. The Balaban J connectivity index is 1.44. The lowest BCUT2D eigenvalue weighted by atomic mass is 10.0. The number of piperidine rings is 1. The van der Waals surface area contributed by atoms with Crippen LogP contribution in [0.1, 0.15) is 34.5 Å². The number of nitrogens with one attached hydrogen (secondary N) is 2. The number of hydrogen-bond acceptors (Lipinski definition) is 3. The molecule has 1 aliphatic rings. The summed E-state index contributed by atoms with van der Waals surface area (Å²) in [5.41, 5.74) is 6.01. The van der Waals surface area contributed by atoms with Crippen molar-refractivity contribution in [3.05, 3.63) is 59.4 Å². The van der Waals surface area contributed by atoms with Crippen LogP contribution in [0.25, 0.3) is 11.4 Å². The minimum absolute atomic E-state index is 0.0135. The van der Waals surface area contributed by atoms with E-state index in [-0.39, 0.29) is 11.9 Å². The number of aromatic amines is 1. The molecule has 0 bridgehead atoms. The number of rotatable bonds is 4. The Kier molecular flexibility index (Phi) is 4.94. The summed E-state index contributed by atoms with van der Waals surface area (Å²) in [4.78, 5) is 14.9. The molecule has 3 heterocycles. The van der Waals surface area contributed by atoms with Gasteiger partial charge in [0, 0.05) is 38.1 Å². The number of amides is 1. The molecule has 0 unspecified atom stereocenters. The lowest BCUT2D eigenvalue weighted by Gasteiger charge is -2.33. The van der Waals surface area contributed by atoms with Crippen molar-refractivity contribution in [1.29, 1.82) is 0 Å². The second-order valence-corrected chi connectivity index (χ2v) is 7.70. The fourth-order valence-corrected chi connectivity index (χ4v) is 3.81. The molecular formula is C22H27N5O. The van der Waals surface area contributed by atoms with E-state index in [2.05, 4.69) is 47.6 Å². The SMILES string of the molecule is Cc1ccc(N[C@@H]2CCCN(C(=O)c3cc(-c4cccn4C)n[nH]3)C2)cc1C. The van der Waals surface area contributed by atoms with Crippen LogP contribution in [0.15, 0.2) is 42.6 Å². The van der Waals surface area contributed by atoms with Gasteiger partial charge in [0.25, 0.3) is 5.91 Å². The molecule has 0 aliphatic carbocycles. The van der Waals surface area contributed by atoms with Gasteiger partial charge < -0.3 is 14.8 Å². The first-order valence-corrected chi connectivity index (χ1v) is 9.81. The summed E-state index contributed by atoms with van der Waals surface area (Å²) >= 11 is 0. The third-order valence-electron chi connectivity index (χ3n) is 5.60. The molecule has 3 aromatic rings. The van der Waals surface area contributed by atoms with Crippen LogP contribution in [0.2, 0.25) is 0 Å². The molecule has 1 saturated heterocycles. The maximum absolute atomic E-state index is 13.0. The number of benzene rings is 1. The number of H-pyrrole nitrogens is 1. The third kappa shape index (κ3) is 3.67. The molecule has 1 atom stereocenters. The first kappa shape index (κ1) is 18.3. The van der Waals surface area contributed by atoms with E-state index in [1.807, 2.05) is 40.9 Å². The maximum atomic E-state index is 13.0. The van der Waals surface area contributed by atoms with Gasteiger partial charge in [-0.3, -0.25) is 9.89 Å². The van der Waals surface area contributed by atoms with E-state index in [4.69, 9.17) is 0 Å². The molecule has 1 aliphatic heterocycles. The molecule has 2 aromatic heterocycles. The molecule has 0 radical (unpaired) electrons. The largest absolute Gasteiger partial charge is 0.381 e. The summed E-state index contributed by atoms with van der Waals surface area (Å²) in [6, 6.07) is 12.5. The Morgan fingerprint density at radius 3 is 2.82 bits per heavy atom. The smallest absolute Gasteiger partial charge is 0.271 e. The number of nitrogens with zero attached hydrogens (tertiary/aromatic N) is 3. The molecule has 1 fully saturated rings. The highest BCUT2D eigenvalue weighted by molar-refractivity contribution is 5.93. The topological polar surface area (TPSA) is 66.0 Å². The fourth-order valence-electron chi connectivity index (χ4n) is 3.81. The average molecular weight is 377 g/mol. The summed E-state index contributed by atoms with van der Waals surface area (Å²) < 4.78 is 1.99. The van der Waals surface area contributed by atoms with E-state index in [1.54, 1.807) is 0 Å². The minimum atomic E-state index is 0.0135. The van der Waals surface area contributed by atoms with Gasteiger partial charge in [0.05, 0.1) is 5.69 Å². The second kappa shape index (κ2) is 7.54. The highest BCUT2D eigenvalue weighted by atomic mass is 16.2. The van der Waals surface area contributed by atoms with E-state index in [9.17, 15) is 4.79 Å². The number of anilines is 1. The Morgan fingerprint density at radius 2 is 2.07 bits per heavy atom. The number of carbonyl (C=O) groups is 1. The van der Waals surface area contributed by atoms with Crippen molar-refractivity contribution >= 4 is 11.6 Å². The second-order valence-electron chi connectivity index (χ2n) is 7.70. The Labute approximate surface area is 165 Å². The van der Waals surface area contributed by atoms with Crippen LogP contribution in [0.3, 0.4) is 0 Å². The molecule has 146 valence electrons.